The summed E-state index contributed by atoms with van der Waals surface area (Å²) in [6.45, 7) is 2.69. The Hall–Kier alpha value is -3.35. The number of hydrogen-bond acceptors (Lipinski definition) is 4. The van der Waals surface area contributed by atoms with E-state index < -0.39 is 17.6 Å². The van der Waals surface area contributed by atoms with Crippen molar-refractivity contribution in [2.45, 2.75) is 37.6 Å². The van der Waals surface area contributed by atoms with Crippen LogP contribution >= 0.6 is 0 Å². The van der Waals surface area contributed by atoms with Crippen LogP contribution in [0.5, 0.6) is 0 Å². The number of rotatable bonds is 6. The van der Waals surface area contributed by atoms with E-state index in [0.29, 0.717) is 32.4 Å². The molecule has 7 heteroatoms. The highest BCUT2D eigenvalue weighted by Gasteiger charge is 2.52. The Bertz CT molecular complexity index is 1070. The summed E-state index contributed by atoms with van der Waals surface area (Å²) < 4.78 is 5.55. The third-order valence-corrected chi connectivity index (χ3v) is 7.46. The van der Waals surface area contributed by atoms with Crippen LogP contribution in [-0.2, 0) is 14.3 Å². The summed E-state index contributed by atoms with van der Waals surface area (Å²) in [4.78, 5) is 38.4. The SMILES string of the molecule is CC1(C(=O)O)CCCN1C(=O)C1CC1CNC(=O)OCC1c2ccccc2-c2ccccc21. The maximum Gasteiger partial charge on any atom is 0.407 e. The average Bonchev–Trinajstić information content (AvgIpc) is 3.38. The van der Waals surface area contributed by atoms with Crippen molar-refractivity contribution < 1.29 is 24.2 Å². The molecule has 0 aromatic heterocycles. The molecule has 33 heavy (non-hydrogen) atoms. The maximum atomic E-state index is 12.8. The number of alkyl carbamates (subject to hydrolysis) is 1. The number of hydrogen-bond donors (Lipinski definition) is 2. The number of nitrogens with one attached hydrogen (secondary N) is 1. The first-order valence-electron chi connectivity index (χ1n) is 11.5. The molecule has 3 atom stereocenters. The molecule has 7 nitrogen and oxygen atoms in total. The van der Waals surface area contributed by atoms with Gasteiger partial charge in [-0.15, -0.1) is 0 Å². The zero-order valence-corrected chi connectivity index (χ0v) is 18.6. The van der Waals surface area contributed by atoms with E-state index in [1.165, 1.54) is 16.0 Å². The Labute approximate surface area is 192 Å². The number of carboxylic acids is 1. The summed E-state index contributed by atoms with van der Waals surface area (Å²) in [7, 11) is 0. The van der Waals surface area contributed by atoms with Crippen LogP contribution in [0.1, 0.15) is 43.2 Å². The number of amides is 2. The van der Waals surface area contributed by atoms with Crippen LogP contribution in [0.4, 0.5) is 4.79 Å². The number of benzene rings is 2. The van der Waals surface area contributed by atoms with Crippen molar-refractivity contribution in [3.05, 3.63) is 59.7 Å². The number of nitrogens with zero attached hydrogens (tertiary/aromatic N) is 1. The maximum absolute atomic E-state index is 12.8. The van der Waals surface area contributed by atoms with Gasteiger partial charge in [-0.3, -0.25) is 4.79 Å². The second-order valence-corrected chi connectivity index (χ2v) is 9.48. The molecule has 0 bridgehead atoms. The predicted molar refractivity (Wildman–Crippen MR) is 122 cm³/mol. The molecule has 2 N–H and O–H groups in total. The number of aliphatic carboxylic acids is 1. The molecule has 2 fully saturated rings. The minimum absolute atomic E-state index is 0.00210. The minimum atomic E-state index is -1.12. The van der Waals surface area contributed by atoms with Crippen LogP contribution in [0.15, 0.2) is 48.5 Å². The predicted octanol–water partition coefficient (Wildman–Crippen LogP) is 3.63. The first-order valence-corrected chi connectivity index (χ1v) is 11.5. The van der Waals surface area contributed by atoms with Crippen LogP contribution in [0.2, 0.25) is 0 Å². The molecule has 172 valence electrons. The van der Waals surface area contributed by atoms with Gasteiger partial charge in [0.05, 0.1) is 0 Å². The van der Waals surface area contributed by atoms with Crippen molar-refractivity contribution in [1.29, 1.82) is 0 Å². The van der Waals surface area contributed by atoms with E-state index in [0.717, 1.165) is 11.1 Å². The Morgan fingerprint density at radius 1 is 1.09 bits per heavy atom. The van der Waals surface area contributed by atoms with Crippen molar-refractivity contribution in [2.75, 3.05) is 19.7 Å². The topological polar surface area (TPSA) is 95.9 Å². The first kappa shape index (κ1) is 21.5. The van der Waals surface area contributed by atoms with E-state index in [4.69, 9.17) is 4.74 Å². The molecule has 1 heterocycles. The molecule has 1 saturated carbocycles. The van der Waals surface area contributed by atoms with E-state index in [-0.39, 0.29) is 30.3 Å². The van der Waals surface area contributed by atoms with Gasteiger partial charge in [-0.25, -0.2) is 9.59 Å². The fraction of sp³-hybridized carbons (Fsp3) is 0.423. The second kappa shape index (κ2) is 8.21. The molecule has 5 rings (SSSR count). The lowest BCUT2D eigenvalue weighted by atomic mass is 9.98. The monoisotopic (exact) mass is 448 g/mol. The van der Waals surface area contributed by atoms with Gasteiger partial charge in [0.15, 0.2) is 0 Å². The number of ether oxygens (including phenoxy) is 1. The van der Waals surface area contributed by atoms with Gasteiger partial charge < -0.3 is 20.1 Å². The Morgan fingerprint density at radius 3 is 2.36 bits per heavy atom. The lowest BCUT2D eigenvalue weighted by Crippen LogP contribution is -2.51. The highest BCUT2D eigenvalue weighted by atomic mass is 16.5. The van der Waals surface area contributed by atoms with Gasteiger partial charge in [-0.2, -0.15) is 0 Å². The third kappa shape index (κ3) is 3.75. The Morgan fingerprint density at radius 2 is 1.73 bits per heavy atom. The molecule has 1 saturated heterocycles. The highest BCUT2D eigenvalue weighted by Crippen LogP contribution is 2.45. The summed E-state index contributed by atoms with van der Waals surface area (Å²) in [5.41, 5.74) is 3.55. The number of carbonyl (C=O) groups is 3. The molecule has 2 amide bonds. The van der Waals surface area contributed by atoms with E-state index in [1.807, 2.05) is 24.3 Å². The van der Waals surface area contributed by atoms with Crippen LogP contribution in [0.25, 0.3) is 11.1 Å². The third-order valence-electron chi connectivity index (χ3n) is 7.46. The van der Waals surface area contributed by atoms with E-state index in [1.54, 1.807) is 6.92 Å². The molecular weight excluding hydrogens is 420 g/mol. The van der Waals surface area contributed by atoms with Gasteiger partial charge in [-0.05, 0) is 54.4 Å². The Balaban J connectivity index is 1.13. The zero-order valence-electron chi connectivity index (χ0n) is 18.6. The van der Waals surface area contributed by atoms with Crippen molar-refractivity contribution in [2.24, 2.45) is 11.8 Å². The molecule has 2 aromatic carbocycles. The van der Waals surface area contributed by atoms with E-state index in [2.05, 4.69) is 29.6 Å². The number of carbonyl (C=O) groups excluding carboxylic acids is 2. The van der Waals surface area contributed by atoms with Crippen LogP contribution in [-0.4, -0.2) is 53.2 Å². The number of fused-ring (bicyclic) bond motifs is 3. The van der Waals surface area contributed by atoms with Crippen LogP contribution in [0, 0.1) is 11.8 Å². The molecular formula is C26H28N2O5. The minimum Gasteiger partial charge on any atom is -0.480 e. The normalized spacial score (nSPS) is 25.3. The Kier molecular flexibility index (Phi) is 5.35. The second-order valence-electron chi connectivity index (χ2n) is 9.48. The van der Waals surface area contributed by atoms with Crippen LogP contribution in [0.3, 0.4) is 0 Å². The van der Waals surface area contributed by atoms with Gasteiger partial charge in [-0.1, -0.05) is 48.5 Å². The molecule has 0 spiro atoms. The lowest BCUT2D eigenvalue weighted by molar-refractivity contribution is -0.155. The van der Waals surface area contributed by atoms with E-state index >= 15 is 0 Å². The molecule has 1 aliphatic heterocycles. The fourth-order valence-corrected chi connectivity index (χ4v) is 5.38. The van der Waals surface area contributed by atoms with Gasteiger partial charge in [0, 0.05) is 24.9 Å². The van der Waals surface area contributed by atoms with Crippen molar-refractivity contribution in [3.63, 3.8) is 0 Å². The molecule has 3 unspecified atom stereocenters. The quantitative estimate of drug-likeness (QED) is 0.704. The smallest absolute Gasteiger partial charge is 0.407 e. The summed E-state index contributed by atoms with van der Waals surface area (Å²) in [5.74, 6) is -1.27. The molecule has 0 radical (unpaired) electrons. The van der Waals surface area contributed by atoms with Gasteiger partial charge >= 0.3 is 12.1 Å². The highest BCUT2D eigenvalue weighted by molar-refractivity contribution is 5.90. The summed E-state index contributed by atoms with van der Waals surface area (Å²) in [6.07, 6.45) is 1.34. The average molecular weight is 449 g/mol. The number of likely N-dealkylation sites (tertiary alicyclic amines) is 1. The van der Waals surface area contributed by atoms with Crippen molar-refractivity contribution in [3.8, 4) is 11.1 Å². The zero-order chi connectivity index (χ0) is 23.2. The summed E-state index contributed by atoms with van der Waals surface area (Å²) in [6, 6.07) is 16.4. The summed E-state index contributed by atoms with van der Waals surface area (Å²) in [5, 5.41) is 12.3. The summed E-state index contributed by atoms with van der Waals surface area (Å²) >= 11 is 0. The lowest BCUT2D eigenvalue weighted by Gasteiger charge is -2.31. The van der Waals surface area contributed by atoms with Crippen molar-refractivity contribution in [1.82, 2.24) is 10.2 Å². The standard InChI is InChI=1S/C26H28N2O5/c1-26(24(30)31)11-6-12-28(26)23(29)21-13-16(21)14-27-25(32)33-15-22-19-9-4-2-7-17(19)18-8-3-5-10-20(18)22/h2-5,7-10,16,21-22H,6,11-15H2,1H3,(H,27,32)(H,30,31). The largest absolute Gasteiger partial charge is 0.480 e. The molecule has 3 aliphatic rings. The van der Waals surface area contributed by atoms with Gasteiger partial charge in [0.2, 0.25) is 5.91 Å². The van der Waals surface area contributed by atoms with Gasteiger partial charge in [0.1, 0.15) is 12.1 Å². The van der Waals surface area contributed by atoms with Crippen LogP contribution < -0.4 is 5.32 Å². The number of carboxylic acid groups (broad SMARTS) is 1. The molecule has 2 aliphatic carbocycles. The van der Waals surface area contributed by atoms with E-state index in [9.17, 15) is 19.5 Å². The fourth-order valence-electron chi connectivity index (χ4n) is 5.38. The molecule has 2 aromatic rings. The van der Waals surface area contributed by atoms with Crippen molar-refractivity contribution >= 4 is 18.0 Å². The van der Waals surface area contributed by atoms with Gasteiger partial charge in [0.25, 0.3) is 0 Å². The first-order chi connectivity index (χ1) is 15.9.